The normalized spacial score (nSPS) is 11.7. The zero-order valence-electron chi connectivity index (χ0n) is 15.5. The summed E-state index contributed by atoms with van der Waals surface area (Å²) < 4.78 is 7.12. The molecule has 1 amide bonds. The van der Waals surface area contributed by atoms with Gasteiger partial charge in [0.1, 0.15) is 0 Å². The molecule has 0 N–H and O–H groups in total. The van der Waals surface area contributed by atoms with Gasteiger partial charge in [0.2, 0.25) is 0 Å². The van der Waals surface area contributed by atoms with Gasteiger partial charge >= 0.3 is 5.97 Å². The quantitative estimate of drug-likeness (QED) is 0.652. The molecule has 1 atom stereocenters. The largest absolute Gasteiger partial charge is 0.449 e. The molecule has 6 nitrogen and oxygen atoms in total. The molecule has 0 unspecified atom stereocenters. The maximum atomic E-state index is 12.5. The lowest BCUT2D eigenvalue weighted by molar-refractivity contribution is -0.126. The molecule has 0 aliphatic heterocycles. The number of aromatic nitrogens is 2. The number of para-hydroxylation sites is 1. The number of amides is 1. The molecule has 3 rings (SSSR count). The SMILES string of the molecule is Cc1ccnn1-c1ccc(C(=O)O[C@H](C)C(=O)N(C)c2ccccc2)cc1. The molecule has 0 bridgehead atoms. The molecular weight excluding hydrogens is 342 g/mol. The number of hydrogen-bond donors (Lipinski definition) is 0. The van der Waals surface area contributed by atoms with Crippen LogP contribution < -0.4 is 4.90 Å². The minimum absolute atomic E-state index is 0.293. The summed E-state index contributed by atoms with van der Waals surface area (Å²) >= 11 is 0. The molecule has 3 aromatic rings. The molecule has 6 heteroatoms. The summed E-state index contributed by atoms with van der Waals surface area (Å²) in [5.41, 5.74) is 2.96. The Balaban J connectivity index is 1.66. The predicted octanol–water partition coefficient (Wildman–Crippen LogP) is 3.39. The number of anilines is 1. The molecule has 0 radical (unpaired) electrons. The Morgan fingerprint density at radius 1 is 1.04 bits per heavy atom. The van der Waals surface area contributed by atoms with Gasteiger partial charge in [-0.25, -0.2) is 9.48 Å². The summed E-state index contributed by atoms with van der Waals surface area (Å²) in [6.45, 7) is 3.52. The number of carbonyl (C=O) groups is 2. The lowest BCUT2D eigenvalue weighted by Gasteiger charge is -2.21. The van der Waals surface area contributed by atoms with Gasteiger partial charge in [-0.05, 0) is 56.3 Å². The number of ether oxygens (including phenoxy) is 1. The molecule has 138 valence electrons. The van der Waals surface area contributed by atoms with Gasteiger partial charge in [-0.3, -0.25) is 4.79 Å². The second kappa shape index (κ2) is 7.86. The molecule has 0 aliphatic rings. The lowest BCUT2D eigenvalue weighted by atomic mass is 10.2. The monoisotopic (exact) mass is 363 g/mol. The molecule has 27 heavy (non-hydrogen) atoms. The molecule has 0 saturated heterocycles. The van der Waals surface area contributed by atoms with E-state index in [4.69, 9.17) is 4.74 Å². The highest BCUT2D eigenvalue weighted by Gasteiger charge is 2.23. The summed E-state index contributed by atoms with van der Waals surface area (Å²) in [6, 6.07) is 18.0. The predicted molar refractivity (Wildman–Crippen MR) is 103 cm³/mol. The van der Waals surface area contributed by atoms with E-state index in [2.05, 4.69) is 5.10 Å². The summed E-state index contributed by atoms with van der Waals surface area (Å²) in [5, 5.41) is 4.23. The van der Waals surface area contributed by atoms with Crippen LogP contribution in [0.2, 0.25) is 0 Å². The lowest BCUT2D eigenvalue weighted by Crippen LogP contribution is -2.37. The van der Waals surface area contributed by atoms with Crippen molar-refractivity contribution >= 4 is 17.6 Å². The van der Waals surface area contributed by atoms with E-state index in [9.17, 15) is 9.59 Å². The summed E-state index contributed by atoms with van der Waals surface area (Å²) in [7, 11) is 1.66. The molecular formula is C21H21N3O3. The fourth-order valence-electron chi connectivity index (χ4n) is 2.71. The molecule has 0 aliphatic carbocycles. The number of rotatable bonds is 5. The van der Waals surface area contributed by atoms with Crippen molar-refractivity contribution in [3.8, 4) is 5.69 Å². The zero-order chi connectivity index (χ0) is 19.4. The average Bonchev–Trinajstić information content (AvgIpc) is 3.13. The van der Waals surface area contributed by atoms with E-state index in [1.165, 1.54) is 4.90 Å². The molecule has 1 heterocycles. The van der Waals surface area contributed by atoms with Gasteiger partial charge in [0, 0.05) is 24.6 Å². The van der Waals surface area contributed by atoms with Gasteiger partial charge in [-0.15, -0.1) is 0 Å². The summed E-state index contributed by atoms with van der Waals surface area (Å²) in [5.74, 6) is -0.834. The third kappa shape index (κ3) is 4.06. The second-order valence-corrected chi connectivity index (χ2v) is 6.21. The van der Waals surface area contributed by atoms with E-state index >= 15 is 0 Å². The van der Waals surface area contributed by atoms with E-state index in [0.29, 0.717) is 5.56 Å². The topological polar surface area (TPSA) is 64.4 Å². The van der Waals surface area contributed by atoms with Crippen molar-refractivity contribution in [2.45, 2.75) is 20.0 Å². The minimum atomic E-state index is -0.893. The van der Waals surface area contributed by atoms with Crippen molar-refractivity contribution < 1.29 is 14.3 Å². The summed E-state index contributed by atoms with van der Waals surface area (Å²) in [6.07, 6.45) is 0.823. The van der Waals surface area contributed by atoms with E-state index in [-0.39, 0.29) is 5.91 Å². The van der Waals surface area contributed by atoms with Gasteiger partial charge in [0.25, 0.3) is 5.91 Å². The Morgan fingerprint density at radius 2 is 1.70 bits per heavy atom. The smallest absolute Gasteiger partial charge is 0.338 e. The van der Waals surface area contributed by atoms with Crippen LogP contribution in [0.3, 0.4) is 0 Å². The van der Waals surface area contributed by atoms with Gasteiger partial charge < -0.3 is 9.64 Å². The van der Waals surface area contributed by atoms with Crippen LogP contribution >= 0.6 is 0 Å². The van der Waals surface area contributed by atoms with Gasteiger partial charge in [0.05, 0.1) is 11.3 Å². The van der Waals surface area contributed by atoms with Crippen LogP contribution in [-0.2, 0) is 9.53 Å². The Morgan fingerprint density at radius 3 is 2.30 bits per heavy atom. The Bertz CT molecular complexity index is 933. The molecule has 2 aromatic carbocycles. The zero-order valence-corrected chi connectivity index (χ0v) is 15.5. The minimum Gasteiger partial charge on any atom is -0.449 e. The number of esters is 1. The average molecular weight is 363 g/mol. The van der Waals surface area contributed by atoms with Crippen molar-refractivity contribution in [2.24, 2.45) is 0 Å². The standard InChI is InChI=1S/C21H21N3O3/c1-15-13-14-22-24(15)19-11-9-17(10-12-19)21(26)27-16(2)20(25)23(3)18-7-5-4-6-8-18/h4-14,16H,1-3H3/t16-/m1/s1. The molecule has 0 saturated carbocycles. The Labute approximate surface area is 158 Å². The maximum absolute atomic E-state index is 12.5. The number of carbonyl (C=O) groups excluding carboxylic acids is 2. The maximum Gasteiger partial charge on any atom is 0.338 e. The first-order chi connectivity index (χ1) is 13.0. The third-order valence-electron chi connectivity index (χ3n) is 4.29. The fraction of sp³-hybridized carbons (Fsp3) is 0.190. The van der Waals surface area contributed by atoms with Gasteiger partial charge in [-0.1, -0.05) is 18.2 Å². The van der Waals surface area contributed by atoms with Gasteiger partial charge in [0.15, 0.2) is 6.10 Å². The fourth-order valence-corrected chi connectivity index (χ4v) is 2.71. The van der Waals surface area contributed by atoms with E-state index in [0.717, 1.165) is 17.1 Å². The van der Waals surface area contributed by atoms with E-state index in [1.807, 2.05) is 43.3 Å². The highest BCUT2D eigenvalue weighted by atomic mass is 16.5. The number of likely N-dealkylation sites (N-methyl/N-ethyl adjacent to an activating group) is 1. The van der Waals surface area contributed by atoms with E-state index in [1.54, 1.807) is 49.1 Å². The number of benzene rings is 2. The van der Waals surface area contributed by atoms with Crippen molar-refractivity contribution in [3.05, 3.63) is 78.1 Å². The molecule has 1 aromatic heterocycles. The van der Waals surface area contributed by atoms with Crippen LogP contribution in [0.25, 0.3) is 5.69 Å². The number of aryl methyl sites for hydroxylation is 1. The summed E-state index contributed by atoms with van der Waals surface area (Å²) in [4.78, 5) is 26.3. The van der Waals surface area contributed by atoms with Gasteiger partial charge in [-0.2, -0.15) is 5.10 Å². The molecule has 0 spiro atoms. The molecule has 0 fully saturated rings. The van der Waals surface area contributed by atoms with Crippen LogP contribution in [0, 0.1) is 6.92 Å². The highest BCUT2D eigenvalue weighted by molar-refractivity contribution is 5.98. The third-order valence-corrected chi connectivity index (χ3v) is 4.29. The van der Waals surface area contributed by atoms with E-state index < -0.39 is 12.1 Å². The Kier molecular flexibility index (Phi) is 5.35. The van der Waals surface area contributed by atoms with Crippen LogP contribution in [0.15, 0.2) is 66.9 Å². The number of hydrogen-bond acceptors (Lipinski definition) is 4. The van der Waals surface area contributed by atoms with Crippen molar-refractivity contribution in [3.63, 3.8) is 0 Å². The highest BCUT2D eigenvalue weighted by Crippen LogP contribution is 2.15. The first kappa shape index (κ1) is 18.4. The van der Waals surface area contributed by atoms with Crippen molar-refractivity contribution in [2.75, 3.05) is 11.9 Å². The van der Waals surface area contributed by atoms with Crippen molar-refractivity contribution in [1.29, 1.82) is 0 Å². The van der Waals surface area contributed by atoms with Crippen LogP contribution in [0.5, 0.6) is 0 Å². The first-order valence-corrected chi connectivity index (χ1v) is 8.62. The Hall–Kier alpha value is -3.41. The second-order valence-electron chi connectivity index (χ2n) is 6.21. The van der Waals surface area contributed by atoms with Crippen molar-refractivity contribution in [1.82, 2.24) is 9.78 Å². The van der Waals surface area contributed by atoms with Crippen LogP contribution in [0.1, 0.15) is 23.0 Å². The van der Waals surface area contributed by atoms with Crippen LogP contribution in [-0.4, -0.2) is 34.8 Å². The first-order valence-electron chi connectivity index (χ1n) is 8.62. The van der Waals surface area contributed by atoms with Crippen LogP contribution in [0.4, 0.5) is 5.69 Å². The number of nitrogens with zero attached hydrogens (tertiary/aromatic N) is 3.